The molecule has 0 unspecified atom stereocenters. The minimum absolute atomic E-state index is 0.193. The van der Waals surface area contributed by atoms with Crippen LogP contribution in [-0.4, -0.2) is 29.6 Å². The SMILES string of the molecule is CCC[CH2][Sn]([CH2]CCC)([CH2]CCC)[c]1c(C#N)c2ccc(OC(F)F)cc2n1C1CCC1. The van der Waals surface area contributed by atoms with Gasteiger partial charge in [-0.3, -0.25) is 0 Å². The molecule has 1 heterocycles. The summed E-state index contributed by atoms with van der Waals surface area (Å²) >= 11 is -2.95. The zero-order valence-electron chi connectivity index (χ0n) is 19.9. The fraction of sp³-hybridized carbons (Fsp3) is 0.654. The summed E-state index contributed by atoms with van der Waals surface area (Å²) < 4.78 is 38.3. The number of nitrogens with zero attached hydrogens (tertiary/aromatic N) is 2. The molecule has 32 heavy (non-hydrogen) atoms. The van der Waals surface area contributed by atoms with Crippen molar-refractivity contribution in [2.75, 3.05) is 0 Å². The third kappa shape index (κ3) is 5.26. The molecule has 1 saturated carbocycles. The Labute approximate surface area is 196 Å². The summed E-state index contributed by atoms with van der Waals surface area (Å²) in [6.45, 7) is 3.94. The van der Waals surface area contributed by atoms with Crippen molar-refractivity contribution in [3.8, 4) is 11.8 Å². The number of hydrogen-bond acceptors (Lipinski definition) is 2. The average molecular weight is 551 g/mol. The van der Waals surface area contributed by atoms with Crippen LogP contribution in [0.1, 0.15) is 90.2 Å². The predicted octanol–water partition coefficient (Wildman–Crippen LogP) is 7.90. The molecule has 1 aliphatic carbocycles. The van der Waals surface area contributed by atoms with Gasteiger partial charge >= 0.3 is 196 Å². The molecule has 1 aliphatic rings. The van der Waals surface area contributed by atoms with Gasteiger partial charge in [0.25, 0.3) is 0 Å². The molecular weight excluding hydrogens is 513 g/mol. The number of nitriles is 1. The molecule has 0 spiro atoms. The van der Waals surface area contributed by atoms with E-state index in [4.69, 9.17) is 4.74 Å². The van der Waals surface area contributed by atoms with Crippen LogP contribution in [0.2, 0.25) is 13.3 Å². The molecule has 0 saturated heterocycles. The molecule has 3 nitrogen and oxygen atoms in total. The van der Waals surface area contributed by atoms with Crippen LogP contribution in [0, 0.1) is 11.3 Å². The van der Waals surface area contributed by atoms with Gasteiger partial charge in [0.15, 0.2) is 0 Å². The number of hydrogen-bond donors (Lipinski definition) is 0. The van der Waals surface area contributed by atoms with Crippen molar-refractivity contribution in [1.82, 2.24) is 4.57 Å². The van der Waals surface area contributed by atoms with E-state index in [9.17, 15) is 14.0 Å². The Morgan fingerprint density at radius 2 is 1.66 bits per heavy atom. The van der Waals surface area contributed by atoms with Gasteiger partial charge in [-0.05, 0) is 0 Å². The van der Waals surface area contributed by atoms with Crippen molar-refractivity contribution in [3.63, 3.8) is 0 Å². The van der Waals surface area contributed by atoms with Crippen LogP contribution in [0.15, 0.2) is 18.2 Å². The second kappa shape index (κ2) is 11.7. The van der Waals surface area contributed by atoms with Gasteiger partial charge in [0.1, 0.15) is 0 Å². The van der Waals surface area contributed by atoms with Crippen molar-refractivity contribution >= 4 is 33.0 Å². The van der Waals surface area contributed by atoms with Crippen LogP contribution in [0.5, 0.6) is 5.75 Å². The Hall–Kier alpha value is -1.29. The summed E-state index contributed by atoms with van der Waals surface area (Å²) in [7, 11) is 0. The summed E-state index contributed by atoms with van der Waals surface area (Å²) in [6, 6.07) is 8.20. The number of benzene rings is 1. The van der Waals surface area contributed by atoms with Crippen LogP contribution < -0.4 is 8.45 Å². The molecule has 0 aliphatic heterocycles. The molecule has 0 N–H and O–H groups in total. The number of alkyl halides is 2. The first-order chi connectivity index (χ1) is 15.5. The van der Waals surface area contributed by atoms with Gasteiger partial charge in [-0.2, -0.15) is 0 Å². The van der Waals surface area contributed by atoms with E-state index < -0.39 is 25.0 Å². The topological polar surface area (TPSA) is 37.9 Å². The molecule has 0 radical (unpaired) electrons. The Bertz CT molecular complexity index is 908. The van der Waals surface area contributed by atoms with Crippen LogP contribution in [0.25, 0.3) is 10.9 Å². The van der Waals surface area contributed by atoms with E-state index in [1.165, 1.54) is 62.0 Å². The Morgan fingerprint density at radius 1 is 1.06 bits per heavy atom. The van der Waals surface area contributed by atoms with E-state index >= 15 is 0 Å². The van der Waals surface area contributed by atoms with Crippen molar-refractivity contribution in [2.24, 2.45) is 0 Å². The average Bonchev–Trinajstić information content (AvgIpc) is 3.06. The zero-order chi connectivity index (χ0) is 23.1. The molecule has 3 rings (SSSR count). The van der Waals surface area contributed by atoms with E-state index in [1.807, 2.05) is 6.07 Å². The van der Waals surface area contributed by atoms with Crippen LogP contribution >= 0.6 is 0 Å². The van der Waals surface area contributed by atoms with Gasteiger partial charge in [-0.15, -0.1) is 0 Å². The van der Waals surface area contributed by atoms with Gasteiger partial charge in [-0.1, -0.05) is 0 Å². The van der Waals surface area contributed by atoms with Gasteiger partial charge in [0, 0.05) is 0 Å². The monoisotopic (exact) mass is 552 g/mol. The minimum atomic E-state index is -2.95. The number of halogens is 2. The fourth-order valence-electron chi connectivity index (χ4n) is 5.40. The van der Waals surface area contributed by atoms with Crippen LogP contribution in [0.4, 0.5) is 8.78 Å². The molecule has 1 fully saturated rings. The number of aromatic nitrogens is 1. The molecule has 0 bridgehead atoms. The van der Waals surface area contributed by atoms with Gasteiger partial charge in [0.2, 0.25) is 0 Å². The molecule has 176 valence electrons. The Kier molecular flexibility index (Phi) is 9.28. The predicted molar refractivity (Wildman–Crippen MR) is 131 cm³/mol. The second-order valence-electron chi connectivity index (χ2n) is 9.44. The quantitative estimate of drug-likeness (QED) is 0.238. The maximum atomic E-state index is 12.9. The summed E-state index contributed by atoms with van der Waals surface area (Å²) in [4.78, 5) is 0. The van der Waals surface area contributed by atoms with E-state index in [-0.39, 0.29) is 5.75 Å². The zero-order valence-corrected chi connectivity index (χ0v) is 22.8. The Morgan fingerprint density at radius 3 is 2.09 bits per heavy atom. The van der Waals surface area contributed by atoms with Crippen molar-refractivity contribution in [3.05, 3.63) is 23.8 Å². The third-order valence-corrected chi connectivity index (χ3v) is 22.8. The first kappa shape index (κ1) is 25.3. The van der Waals surface area contributed by atoms with E-state index in [0.29, 0.717) is 6.04 Å². The van der Waals surface area contributed by atoms with E-state index in [1.54, 1.807) is 12.1 Å². The standard InChI is InChI=1S/C14H11F2N2O.3C4H9.Sn/c15-14(16)19-11-4-5-12-9(7-17)8-18(13(12)6-11)10-2-1-3-10;3*1-3-4-2;/h4-6,10,14H,1-3H2;3*1,3-4H2,2H3;. The molecule has 6 heteroatoms. The first-order valence-corrected chi connectivity index (χ1v) is 20.0. The van der Waals surface area contributed by atoms with Crippen molar-refractivity contribution in [1.29, 1.82) is 5.26 Å². The third-order valence-electron chi connectivity index (χ3n) is 7.28. The summed E-state index contributed by atoms with van der Waals surface area (Å²) in [5.74, 6) is 0.193. The van der Waals surface area contributed by atoms with E-state index in [2.05, 4.69) is 31.4 Å². The van der Waals surface area contributed by atoms with E-state index in [0.717, 1.165) is 29.3 Å². The Balaban J connectivity index is 2.29. The maximum absolute atomic E-state index is 12.9. The molecule has 0 amide bonds. The summed E-state index contributed by atoms with van der Waals surface area (Å²) in [5, 5.41) is 11.3. The molecule has 2 aromatic rings. The molecule has 1 aromatic heterocycles. The fourth-order valence-corrected chi connectivity index (χ4v) is 22.8. The first-order valence-electron chi connectivity index (χ1n) is 12.5. The van der Waals surface area contributed by atoms with Gasteiger partial charge in [0.05, 0.1) is 0 Å². The van der Waals surface area contributed by atoms with Crippen molar-refractivity contribution in [2.45, 2.75) is 105 Å². The summed E-state index contributed by atoms with van der Waals surface area (Å²) in [6.07, 6.45) is 10.6. The van der Waals surface area contributed by atoms with Gasteiger partial charge in [-0.25, -0.2) is 0 Å². The van der Waals surface area contributed by atoms with Crippen LogP contribution in [-0.2, 0) is 0 Å². The molecule has 0 atom stereocenters. The van der Waals surface area contributed by atoms with Gasteiger partial charge < -0.3 is 0 Å². The molecule has 1 aromatic carbocycles. The van der Waals surface area contributed by atoms with Crippen molar-refractivity contribution < 1.29 is 13.5 Å². The van der Waals surface area contributed by atoms with Crippen LogP contribution in [0.3, 0.4) is 0 Å². The second-order valence-corrected chi connectivity index (χ2v) is 22.4. The number of ether oxygens (including phenoxy) is 1. The number of rotatable bonds is 13. The summed E-state index contributed by atoms with van der Waals surface area (Å²) in [5.41, 5.74) is 1.78. The number of unbranched alkanes of at least 4 members (excludes halogenated alkanes) is 3. The normalized spacial score (nSPS) is 14.7. The molecular formula is C26H38F2N2OSn. The number of fused-ring (bicyclic) bond motifs is 1.